The molecule has 0 fully saturated rings. The lowest BCUT2D eigenvalue weighted by Gasteiger charge is -2.18. The van der Waals surface area contributed by atoms with Crippen LogP contribution in [0.2, 0.25) is 0 Å². The van der Waals surface area contributed by atoms with E-state index >= 15 is 0 Å². The Morgan fingerprint density at radius 2 is 0.571 bits per heavy atom. The SMILES string of the molecule is CC/C=C\C/C=C\C/C=C\C/C=C\C/C=C\CCCCCC(=O)OCC(COC(=O)CCCCCCCCCCCCCCCCCC)OC(=O)CCC/C=C\C/C=C\C/C=C\C/C=C\C/C=C\CC. The number of unbranched alkanes of at least 4 members (excludes halogenated alkanes) is 19. The Kier molecular flexibility index (Phi) is 54.0. The smallest absolute Gasteiger partial charge is 0.306 e. The van der Waals surface area contributed by atoms with Gasteiger partial charge in [0.2, 0.25) is 0 Å². The van der Waals surface area contributed by atoms with Crippen LogP contribution in [0.1, 0.15) is 245 Å². The fourth-order valence-electron chi connectivity index (χ4n) is 7.50. The van der Waals surface area contributed by atoms with Gasteiger partial charge in [0, 0.05) is 19.3 Å². The van der Waals surface area contributed by atoms with Crippen LogP contribution >= 0.6 is 0 Å². The van der Waals surface area contributed by atoms with Crippen molar-refractivity contribution in [3.8, 4) is 0 Å². The highest BCUT2D eigenvalue weighted by Crippen LogP contribution is 2.15. The minimum Gasteiger partial charge on any atom is -0.462 e. The van der Waals surface area contributed by atoms with Gasteiger partial charge in [-0.2, -0.15) is 0 Å². The fourth-order valence-corrected chi connectivity index (χ4v) is 7.50. The molecule has 1 atom stereocenters. The Balaban J connectivity index is 4.54. The molecule has 0 N–H and O–H groups in total. The van der Waals surface area contributed by atoms with Crippen molar-refractivity contribution < 1.29 is 28.6 Å². The molecule has 0 rings (SSSR count). The standard InChI is InChI=1S/C64H104O6/c1-4-7-10-13-16-19-22-25-28-31-32-34-36-39-42-45-48-51-54-57-63(66)69-60-61(59-68-62(65)56-53-50-47-44-41-38-35-30-27-24-21-18-15-12-9-6-3)70-64(67)58-55-52-49-46-43-40-37-33-29-26-23-20-17-14-11-8-5-2/h7-8,10-11,16-17,19-20,25-26,28-29,32,34,37,39-40,42,46,49,61H,4-6,9,12-15,18,21-24,27,30-31,33,35-36,38,41,43-45,47-48,50-60H2,1-3H3/b10-7-,11-8-,19-16-,20-17-,28-25-,29-26-,34-32-,40-37-,42-39-,49-46-. The highest BCUT2D eigenvalue weighted by molar-refractivity contribution is 5.71. The summed E-state index contributed by atoms with van der Waals surface area (Å²) in [6, 6.07) is 0. The van der Waals surface area contributed by atoms with Crippen LogP contribution < -0.4 is 0 Å². The quantitative estimate of drug-likeness (QED) is 0.0262. The molecule has 0 spiro atoms. The van der Waals surface area contributed by atoms with Gasteiger partial charge in [-0.3, -0.25) is 14.4 Å². The summed E-state index contributed by atoms with van der Waals surface area (Å²) < 4.78 is 16.8. The minimum atomic E-state index is -0.824. The number of carbonyl (C=O) groups is 3. The number of esters is 3. The lowest BCUT2D eigenvalue weighted by molar-refractivity contribution is -0.167. The number of hydrogen-bond acceptors (Lipinski definition) is 6. The Morgan fingerprint density at radius 1 is 0.300 bits per heavy atom. The van der Waals surface area contributed by atoms with Gasteiger partial charge in [0.15, 0.2) is 6.10 Å². The van der Waals surface area contributed by atoms with Gasteiger partial charge in [-0.25, -0.2) is 0 Å². The van der Waals surface area contributed by atoms with E-state index in [2.05, 4.69) is 142 Å². The maximum atomic E-state index is 12.8. The largest absolute Gasteiger partial charge is 0.462 e. The van der Waals surface area contributed by atoms with Gasteiger partial charge in [-0.15, -0.1) is 0 Å². The molecule has 0 radical (unpaired) electrons. The minimum absolute atomic E-state index is 0.112. The van der Waals surface area contributed by atoms with Gasteiger partial charge in [-0.1, -0.05) is 245 Å². The number of carbonyl (C=O) groups excluding carboxylic acids is 3. The summed E-state index contributed by atoms with van der Waals surface area (Å²) in [5.74, 6) is -1.00. The Morgan fingerprint density at radius 3 is 0.914 bits per heavy atom. The molecule has 0 aliphatic rings. The van der Waals surface area contributed by atoms with E-state index in [0.717, 1.165) is 116 Å². The topological polar surface area (TPSA) is 78.9 Å². The van der Waals surface area contributed by atoms with Crippen LogP contribution in [0, 0.1) is 0 Å². The van der Waals surface area contributed by atoms with Crippen molar-refractivity contribution in [2.45, 2.75) is 252 Å². The van der Waals surface area contributed by atoms with E-state index in [-0.39, 0.29) is 37.5 Å². The summed E-state index contributed by atoms with van der Waals surface area (Å²) >= 11 is 0. The summed E-state index contributed by atoms with van der Waals surface area (Å²) in [7, 11) is 0. The summed E-state index contributed by atoms with van der Waals surface area (Å²) in [4.78, 5) is 38.1. The lowest BCUT2D eigenvalue weighted by atomic mass is 10.0. The number of allylic oxidation sites excluding steroid dienone is 20. The van der Waals surface area contributed by atoms with E-state index in [1.165, 1.54) is 83.5 Å². The van der Waals surface area contributed by atoms with Gasteiger partial charge < -0.3 is 14.2 Å². The van der Waals surface area contributed by atoms with Crippen molar-refractivity contribution in [1.29, 1.82) is 0 Å². The van der Waals surface area contributed by atoms with Gasteiger partial charge in [0.1, 0.15) is 13.2 Å². The molecule has 0 aromatic carbocycles. The molecule has 6 nitrogen and oxygen atoms in total. The molecule has 0 amide bonds. The molecule has 0 saturated carbocycles. The predicted octanol–water partition coefficient (Wildman–Crippen LogP) is 19.3. The van der Waals surface area contributed by atoms with Crippen molar-refractivity contribution in [2.75, 3.05) is 13.2 Å². The third-order valence-electron chi connectivity index (χ3n) is 11.7. The summed E-state index contributed by atoms with van der Waals surface area (Å²) in [5.41, 5.74) is 0. The third kappa shape index (κ3) is 54.7. The molecule has 0 aromatic heterocycles. The molecule has 1 unspecified atom stereocenters. The monoisotopic (exact) mass is 969 g/mol. The van der Waals surface area contributed by atoms with Gasteiger partial charge >= 0.3 is 17.9 Å². The van der Waals surface area contributed by atoms with Crippen LogP contribution in [0.4, 0.5) is 0 Å². The van der Waals surface area contributed by atoms with E-state index in [1.54, 1.807) is 0 Å². The second-order valence-electron chi connectivity index (χ2n) is 18.4. The highest BCUT2D eigenvalue weighted by atomic mass is 16.6. The normalized spacial score (nSPS) is 13.0. The molecule has 0 bridgehead atoms. The van der Waals surface area contributed by atoms with E-state index in [0.29, 0.717) is 19.3 Å². The zero-order chi connectivity index (χ0) is 50.7. The van der Waals surface area contributed by atoms with Crippen LogP contribution in [0.25, 0.3) is 0 Å². The molecular formula is C64H104O6. The van der Waals surface area contributed by atoms with Crippen molar-refractivity contribution in [1.82, 2.24) is 0 Å². The highest BCUT2D eigenvalue weighted by Gasteiger charge is 2.19. The predicted molar refractivity (Wildman–Crippen MR) is 302 cm³/mol. The average Bonchev–Trinajstić information content (AvgIpc) is 3.36. The van der Waals surface area contributed by atoms with Crippen LogP contribution in [0.5, 0.6) is 0 Å². The van der Waals surface area contributed by atoms with Crippen molar-refractivity contribution in [2.24, 2.45) is 0 Å². The molecule has 0 heterocycles. The van der Waals surface area contributed by atoms with Crippen LogP contribution in [0.3, 0.4) is 0 Å². The van der Waals surface area contributed by atoms with Crippen molar-refractivity contribution in [3.63, 3.8) is 0 Å². The molecule has 6 heteroatoms. The molecule has 0 aliphatic carbocycles. The van der Waals surface area contributed by atoms with E-state index in [4.69, 9.17) is 14.2 Å². The molecule has 70 heavy (non-hydrogen) atoms. The molecule has 0 saturated heterocycles. The zero-order valence-corrected chi connectivity index (χ0v) is 45.2. The first kappa shape index (κ1) is 65.8. The number of ether oxygens (including phenoxy) is 3. The maximum Gasteiger partial charge on any atom is 0.306 e. The van der Waals surface area contributed by atoms with E-state index < -0.39 is 6.10 Å². The van der Waals surface area contributed by atoms with Crippen molar-refractivity contribution >= 4 is 17.9 Å². The molecule has 0 aliphatic heterocycles. The van der Waals surface area contributed by atoms with Gasteiger partial charge in [0.05, 0.1) is 0 Å². The molecular weight excluding hydrogens is 865 g/mol. The Labute approximate surface area is 431 Å². The van der Waals surface area contributed by atoms with Crippen LogP contribution in [0.15, 0.2) is 122 Å². The van der Waals surface area contributed by atoms with Crippen LogP contribution in [-0.2, 0) is 28.6 Å². The average molecular weight is 970 g/mol. The zero-order valence-electron chi connectivity index (χ0n) is 45.2. The van der Waals surface area contributed by atoms with Gasteiger partial charge in [-0.05, 0) is 103 Å². The summed E-state index contributed by atoms with van der Waals surface area (Å²) in [6.45, 7) is 6.34. The third-order valence-corrected chi connectivity index (χ3v) is 11.7. The fraction of sp³-hybridized carbons (Fsp3) is 0.641. The summed E-state index contributed by atoms with van der Waals surface area (Å²) in [5, 5.41) is 0. The first-order valence-corrected chi connectivity index (χ1v) is 28.5. The second kappa shape index (κ2) is 57.4. The molecule has 396 valence electrons. The van der Waals surface area contributed by atoms with Crippen LogP contribution in [-0.4, -0.2) is 37.2 Å². The summed E-state index contributed by atoms with van der Waals surface area (Å²) in [6.07, 6.45) is 79.1. The van der Waals surface area contributed by atoms with Gasteiger partial charge in [0.25, 0.3) is 0 Å². The second-order valence-corrected chi connectivity index (χ2v) is 18.4. The molecule has 0 aromatic rings. The Hall–Kier alpha value is -4.19. The Bertz CT molecular complexity index is 1490. The number of hydrogen-bond donors (Lipinski definition) is 0. The van der Waals surface area contributed by atoms with Crippen molar-refractivity contribution in [3.05, 3.63) is 122 Å². The number of rotatable bonds is 50. The van der Waals surface area contributed by atoms with E-state index in [9.17, 15) is 14.4 Å². The first-order chi connectivity index (χ1) is 34.5. The first-order valence-electron chi connectivity index (χ1n) is 28.5. The maximum absolute atomic E-state index is 12.8. The lowest BCUT2D eigenvalue weighted by Crippen LogP contribution is -2.30. The van der Waals surface area contributed by atoms with E-state index in [1.807, 2.05) is 0 Å².